The summed E-state index contributed by atoms with van der Waals surface area (Å²) < 4.78 is 21.7. The molecule has 0 amide bonds. The van der Waals surface area contributed by atoms with Gasteiger partial charge in [0, 0.05) is 26.3 Å². The standard InChI is InChI=1S/C11H22BO6PS/c1-3-19(14,20)18-9-8(7-15-2)17-11(12)10(9)16-6-4-5-13/h8-11,13H,3-7H2,1-2H3,(H,14,20)/p-1/t8-,9?,10+,11-,19?/m1/s1. The van der Waals surface area contributed by atoms with Gasteiger partial charge in [0.15, 0.2) is 0 Å². The van der Waals surface area contributed by atoms with Gasteiger partial charge in [0.1, 0.15) is 26.2 Å². The van der Waals surface area contributed by atoms with Crippen molar-refractivity contribution in [1.29, 1.82) is 0 Å². The molecule has 1 aliphatic heterocycles. The van der Waals surface area contributed by atoms with Crippen molar-refractivity contribution < 1.29 is 28.7 Å². The van der Waals surface area contributed by atoms with Crippen molar-refractivity contribution in [1.82, 2.24) is 0 Å². The van der Waals surface area contributed by atoms with E-state index in [1.165, 1.54) is 7.11 Å². The number of hydrogen-bond acceptors (Lipinski definition) is 7. The minimum atomic E-state index is -3.12. The van der Waals surface area contributed by atoms with Crippen molar-refractivity contribution in [2.45, 2.75) is 37.7 Å². The van der Waals surface area contributed by atoms with Crippen molar-refractivity contribution >= 4 is 26.1 Å². The van der Waals surface area contributed by atoms with E-state index < -0.39 is 30.8 Å². The van der Waals surface area contributed by atoms with E-state index in [2.05, 4.69) is 0 Å². The molecule has 1 N–H and O–H groups in total. The lowest BCUT2D eigenvalue weighted by molar-refractivity contribution is -0.191. The van der Waals surface area contributed by atoms with E-state index in [1.807, 2.05) is 0 Å². The molecule has 1 rings (SSSR count). The molecule has 116 valence electrons. The van der Waals surface area contributed by atoms with E-state index in [9.17, 15) is 4.89 Å². The Balaban J connectivity index is 2.74. The maximum atomic E-state index is 12.0. The first kappa shape index (κ1) is 18.5. The summed E-state index contributed by atoms with van der Waals surface area (Å²) in [5, 5.41) is 8.78. The SMILES string of the molecule is [B][C@@H]1O[C@H](COC)C(OP([O-])(=S)CC)[C@@H]1OCCCO. The molecule has 1 heterocycles. The van der Waals surface area contributed by atoms with Crippen LogP contribution in [-0.2, 0) is 30.5 Å². The molecule has 1 saturated heterocycles. The third-order valence-corrected chi connectivity index (χ3v) is 5.33. The zero-order valence-corrected chi connectivity index (χ0v) is 13.5. The summed E-state index contributed by atoms with van der Waals surface area (Å²) in [7, 11) is 7.39. The van der Waals surface area contributed by atoms with E-state index >= 15 is 0 Å². The Kier molecular flexibility index (Phi) is 8.16. The summed E-state index contributed by atoms with van der Waals surface area (Å²) in [5.74, 6) is 0. The van der Waals surface area contributed by atoms with E-state index in [4.69, 9.17) is 43.5 Å². The van der Waals surface area contributed by atoms with Crippen molar-refractivity contribution in [3.8, 4) is 0 Å². The third-order valence-electron chi connectivity index (χ3n) is 2.96. The molecular weight excluding hydrogens is 302 g/mol. The van der Waals surface area contributed by atoms with Crippen LogP contribution in [0.1, 0.15) is 13.3 Å². The van der Waals surface area contributed by atoms with Gasteiger partial charge >= 0.3 is 0 Å². The molecule has 0 aliphatic carbocycles. The summed E-state index contributed by atoms with van der Waals surface area (Å²) in [5.41, 5.74) is 0. The number of ether oxygens (including phenoxy) is 3. The highest BCUT2D eigenvalue weighted by atomic mass is 32.5. The first-order valence-corrected chi connectivity index (χ1v) is 9.38. The molecule has 9 heteroatoms. The van der Waals surface area contributed by atoms with Gasteiger partial charge in [-0.3, -0.25) is 0 Å². The van der Waals surface area contributed by atoms with Crippen LogP contribution < -0.4 is 4.89 Å². The van der Waals surface area contributed by atoms with Crippen LogP contribution in [0.4, 0.5) is 0 Å². The Hall–Kier alpha value is 0.475. The summed E-state index contributed by atoms with van der Waals surface area (Å²) >= 11 is 4.95. The number of aliphatic hydroxyl groups is 1. The van der Waals surface area contributed by atoms with Crippen LogP contribution in [0.15, 0.2) is 0 Å². The van der Waals surface area contributed by atoms with Crippen molar-refractivity contribution in [2.24, 2.45) is 0 Å². The van der Waals surface area contributed by atoms with Crippen molar-refractivity contribution in [2.75, 3.05) is 33.1 Å². The maximum absolute atomic E-state index is 12.0. The largest absolute Gasteiger partial charge is 0.801 e. The van der Waals surface area contributed by atoms with E-state index in [1.54, 1.807) is 6.92 Å². The molecule has 2 unspecified atom stereocenters. The maximum Gasteiger partial charge on any atom is 0.117 e. The highest BCUT2D eigenvalue weighted by Crippen LogP contribution is 2.42. The van der Waals surface area contributed by atoms with Crippen LogP contribution in [0, 0.1) is 0 Å². The zero-order chi connectivity index (χ0) is 15.2. The van der Waals surface area contributed by atoms with Gasteiger partial charge in [-0.25, -0.2) is 0 Å². The van der Waals surface area contributed by atoms with Gasteiger partial charge < -0.3 is 28.7 Å². The molecule has 20 heavy (non-hydrogen) atoms. The lowest BCUT2D eigenvalue weighted by atomic mass is 9.93. The van der Waals surface area contributed by atoms with Crippen molar-refractivity contribution in [3.63, 3.8) is 0 Å². The molecule has 0 spiro atoms. The number of rotatable bonds is 9. The Morgan fingerprint density at radius 1 is 1.45 bits per heavy atom. The highest BCUT2D eigenvalue weighted by Gasteiger charge is 2.44. The summed E-state index contributed by atoms with van der Waals surface area (Å²) in [4.78, 5) is 12.0. The van der Waals surface area contributed by atoms with Gasteiger partial charge in [0.05, 0.1) is 6.61 Å². The predicted octanol–water partition coefficient (Wildman–Crippen LogP) is -0.631. The van der Waals surface area contributed by atoms with Crippen LogP contribution in [0.5, 0.6) is 0 Å². The normalized spacial score (nSPS) is 33.2. The van der Waals surface area contributed by atoms with Crippen molar-refractivity contribution in [3.05, 3.63) is 0 Å². The van der Waals surface area contributed by atoms with Crippen LogP contribution in [0.2, 0.25) is 0 Å². The average molecular weight is 323 g/mol. The fourth-order valence-corrected chi connectivity index (χ4v) is 2.99. The van der Waals surface area contributed by atoms with E-state index in [0.29, 0.717) is 13.0 Å². The summed E-state index contributed by atoms with van der Waals surface area (Å²) in [6.07, 6.45) is -0.963. The molecular formula is C11H21BO6PS-. The fraction of sp³-hybridized carbons (Fsp3) is 1.00. The van der Waals surface area contributed by atoms with Crippen LogP contribution in [0.25, 0.3) is 0 Å². The molecule has 1 aliphatic rings. The van der Waals surface area contributed by atoms with E-state index in [0.717, 1.165) is 0 Å². The Labute approximate surface area is 126 Å². The summed E-state index contributed by atoms with van der Waals surface area (Å²) in [6, 6.07) is -0.703. The van der Waals surface area contributed by atoms with E-state index in [-0.39, 0.29) is 19.4 Å². The minimum Gasteiger partial charge on any atom is -0.801 e. The second-order valence-electron chi connectivity index (χ2n) is 4.50. The van der Waals surface area contributed by atoms with Gasteiger partial charge in [-0.1, -0.05) is 18.7 Å². The predicted molar refractivity (Wildman–Crippen MR) is 77.4 cm³/mol. The number of aliphatic hydroxyl groups excluding tert-OH is 1. The van der Waals surface area contributed by atoms with Gasteiger partial charge in [-0.15, -0.1) is 0 Å². The molecule has 2 radical (unpaired) electrons. The summed E-state index contributed by atoms with van der Waals surface area (Å²) in [6.45, 7) is -0.842. The molecule has 0 saturated carbocycles. The minimum absolute atomic E-state index is 0.0182. The molecule has 0 aromatic heterocycles. The molecule has 1 fully saturated rings. The topological polar surface area (TPSA) is 80.2 Å². The second kappa shape index (κ2) is 8.81. The first-order valence-electron chi connectivity index (χ1n) is 6.56. The van der Waals surface area contributed by atoms with Crippen LogP contribution >= 0.6 is 6.49 Å². The second-order valence-corrected chi connectivity index (χ2v) is 8.24. The van der Waals surface area contributed by atoms with Crippen LogP contribution in [0.3, 0.4) is 0 Å². The lowest BCUT2D eigenvalue weighted by Crippen LogP contribution is -2.39. The molecule has 0 aromatic carbocycles. The quantitative estimate of drug-likeness (QED) is 0.344. The molecule has 5 atom stereocenters. The van der Waals surface area contributed by atoms with Gasteiger partial charge in [0.2, 0.25) is 0 Å². The smallest absolute Gasteiger partial charge is 0.117 e. The third kappa shape index (κ3) is 5.35. The lowest BCUT2D eigenvalue weighted by Gasteiger charge is -2.34. The molecule has 6 nitrogen and oxygen atoms in total. The first-order chi connectivity index (χ1) is 9.45. The zero-order valence-electron chi connectivity index (χ0n) is 11.8. The Morgan fingerprint density at radius 3 is 2.70 bits per heavy atom. The number of methoxy groups -OCH3 is 1. The Morgan fingerprint density at radius 2 is 2.15 bits per heavy atom. The monoisotopic (exact) mass is 323 g/mol. The molecule has 0 aromatic rings. The highest BCUT2D eigenvalue weighted by molar-refractivity contribution is 8.08. The van der Waals surface area contributed by atoms with Gasteiger partial charge in [0.25, 0.3) is 0 Å². The fourth-order valence-electron chi connectivity index (χ4n) is 1.92. The average Bonchev–Trinajstić information content (AvgIpc) is 2.67. The Bertz CT molecular complexity index is 334. The number of hydrogen-bond donors (Lipinski definition) is 1. The van der Waals surface area contributed by atoms with Gasteiger partial charge in [-0.05, 0) is 19.1 Å². The van der Waals surface area contributed by atoms with Gasteiger partial charge in [-0.2, -0.15) is 0 Å². The van der Waals surface area contributed by atoms with Crippen LogP contribution in [-0.4, -0.2) is 70.4 Å². The molecule has 0 bridgehead atoms.